The van der Waals surface area contributed by atoms with Gasteiger partial charge in [0.15, 0.2) is 0 Å². The molecule has 19 heavy (non-hydrogen) atoms. The summed E-state index contributed by atoms with van der Waals surface area (Å²) in [4.78, 5) is 25.9. The topological polar surface area (TPSA) is 78.9 Å². The van der Waals surface area contributed by atoms with Crippen molar-refractivity contribution >= 4 is 17.1 Å². The van der Waals surface area contributed by atoms with E-state index < -0.39 is 0 Å². The van der Waals surface area contributed by atoms with Crippen molar-refractivity contribution in [2.45, 2.75) is 19.9 Å². The maximum atomic E-state index is 11.8. The van der Waals surface area contributed by atoms with E-state index in [-0.39, 0.29) is 11.7 Å². The molecule has 2 rings (SSSR count). The number of nitrogens with zero attached hydrogens (tertiary/aromatic N) is 1. The normalized spacial score (nSPS) is 10.6. The lowest BCUT2D eigenvalue weighted by Crippen LogP contribution is -2.38. The fourth-order valence-electron chi connectivity index (χ4n) is 1.91. The van der Waals surface area contributed by atoms with Crippen LogP contribution in [0.3, 0.4) is 0 Å². The zero-order chi connectivity index (χ0) is 13.7. The summed E-state index contributed by atoms with van der Waals surface area (Å²) in [6.07, 6.45) is 0.898. The molecular formula is C13H18N4O2. The van der Waals surface area contributed by atoms with Gasteiger partial charge in [0.25, 0.3) is 0 Å². The summed E-state index contributed by atoms with van der Waals surface area (Å²) in [5, 5.41) is 5.44. The molecule has 0 fully saturated rings. The van der Waals surface area contributed by atoms with E-state index >= 15 is 0 Å². The highest BCUT2D eigenvalue weighted by molar-refractivity contribution is 5.75. The van der Waals surface area contributed by atoms with E-state index in [1.54, 1.807) is 4.57 Å². The second kappa shape index (κ2) is 6.08. The van der Waals surface area contributed by atoms with Crippen LogP contribution in [0.15, 0.2) is 29.1 Å². The van der Waals surface area contributed by atoms with Crippen LogP contribution in [0.1, 0.15) is 13.3 Å². The van der Waals surface area contributed by atoms with Gasteiger partial charge in [-0.3, -0.25) is 4.57 Å². The summed E-state index contributed by atoms with van der Waals surface area (Å²) < 4.78 is 1.62. The highest BCUT2D eigenvalue weighted by Crippen LogP contribution is 2.08. The van der Waals surface area contributed by atoms with E-state index in [1.807, 2.05) is 31.2 Å². The molecule has 0 unspecified atom stereocenters. The Kier molecular flexibility index (Phi) is 4.22. The molecule has 2 aromatic rings. The fourth-order valence-corrected chi connectivity index (χ4v) is 1.91. The Balaban J connectivity index is 1.97. The maximum absolute atomic E-state index is 11.8. The minimum absolute atomic E-state index is 0.156. The molecule has 0 saturated carbocycles. The number of carbonyl (C=O) groups is 1. The summed E-state index contributed by atoms with van der Waals surface area (Å²) in [7, 11) is 0. The van der Waals surface area contributed by atoms with Gasteiger partial charge in [-0.1, -0.05) is 19.1 Å². The van der Waals surface area contributed by atoms with E-state index in [1.165, 1.54) is 0 Å². The summed E-state index contributed by atoms with van der Waals surface area (Å²) >= 11 is 0. The van der Waals surface area contributed by atoms with Gasteiger partial charge in [-0.05, 0) is 18.6 Å². The third kappa shape index (κ3) is 3.15. The number of aromatic amines is 1. The van der Waals surface area contributed by atoms with Crippen LogP contribution in [0.25, 0.3) is 11.0 Å². The van der Waals surface area contributed by atoms with Gasteiger partial charge in [0.05, 0.1) is 11.0 Å². The van der Waals surface area contributed by atoms with Gasteiger partial charge >= 0.3 is 11.7 Å². The van der Waals surface area contributed by atoms with E-state index in [0.29, 0.717) is 19.6 Å². The minimum atomic E-state index is -0.199. The van der Waals surface area contributed by atoms with Gasteiger partial charge in [-0.25, -0.2) is 9.59 Å². The van der Waals surface area contributed by atoms with Crippen LogP contribution in [0.4, 0.5) is 4.79 Å². The lowest BCUT2D eigenvalue weighted by atomic mass is 10.3. The fraction of sp³-hybridized carbons (Fsp3) is 0.385. The molecule has 102 valence electrons. The predicted molar refractivity (Wildman–Crippen MR) is 74.3 cm³/mol. The van der Waals surface area contributed by atoms with Crippen LogP contribution in [0, 0.1) is 0 Å². The third-order valence-corrected chi connectivity index (χ3v) is 2.84. The van der Waals surface area contributed by atoms with Crippen LogP contribution >= 0.6 is 0 Å². The zero-order valence-electron chi connectivity index (χ0n) is 10.9. The first kappa shape index (κ1) is 13.2. The summed E-state index contributed by atoms with van der Waals surface area (Å²) in [5.41, 5.74) is 1.50. The van der Waals surface area contributed by atoms with E-state index in [2.05, 4.69) is 15.6 Å². The Hall–Kier alpha value is -2.24. The van der Waals surface area contributed by atoms with Crippen LogP contribution < -0.4 is 16.3 Å². The van der Waals surface area contributed by atoms with Gasteiger partial charge in [0.1, 0.15) is 0 Å². The van der Waals surface area contributed by atoms with Gasteiger partial charge in [-0.15, -0.1) is 0 Å². The quantitative estimate of drug-likeness (QED) is 0.752. The smallest absolute Gasteiger partial charge is 0.326 e. The molecule has 0 spiro atoms. The predicted octanol–water partition coefficient (Wildman–Crippen LogP) is 1.04. The Morgan fingerprint density at radius 1 is 1.26 bits per heavy atom. The molecule has 0 aliphatic rings. The lowest BCUT2D eigenvalue weighted by molar-refractivity contribution is 0.240. The van der Waals surface area contributed by atoms with Crippen molar-refractivity contribution in [2.75, 3.05) is 13.1 Å². The molecule has 0 atom stereocenters. The van der Waals surface area contributed by atoms with Crippen molar-refractivity contribution in [3.8, 4) is 0 Å². The summed E-state index contributed by atoms with van der Waals surface area (Å²) in [6.45, 7) is 3.50. The monoisotopic (exact) mass is 262 g/mol. The van der Waals surface area contributed by atoms with E-state index in [0.717, 1.165) is 17.5 Å². The number of carbonyl (C=O) groups excluding carboxylic acids is 1. The first-order valence-corrected chi connectivity index (χ1v) is 6.41. The van der Waals surface area contributed by atoms with Crippen LogP contribution in [-0.2, 0) is 6.54 Å². The SMILES string of the molecule is CCCNC(=O)NCCn1c(=O)[nH]c2ccccc21. The second-order valence-corrected chi connectivity index (χ2v) is 4.28. The Bertz CT molecular complexity index is 614. The van der Waals surface area contributed by atoms with Crippen molar-refractivity contribution < 1.29 is 4.79 Å². The molecule has 0 aliphatic heterocycles. The van der Waals surface area contributed by atoms with E-state index in [4.69, 9.17) is 0 Å². The van der Waals surface area contributed by atoms with Crippen LogP contribution in [0.2, 0.25) is 0 Å². The number of urea groups is 1. The molecule has 0 saturated heterocycles. The highest BCUT2D eigenvalue weighted by atomic mass is 16.2. The average molecular weight is 262 g/mol. The highest BCUT2D eigenvalue weighted by Gasteiger charge is 2.05. The summed E-state index contributed by atoms with van der Waals surface area (Å²) in [6, 6.07) is 7.29. The standard InChI is InChI=1S/C13H18N4O2/c1-2-7-14-12(18)15-8-9-17-11-6-4-3-5-10(11)16-13(17)19/h3-6H,2,7-9H2,1H3,(H,16,19)(H2,14,15,18). The number of hydrogen-bond acceptors (Lipinski definition) is 2. The number of H-pyrrole nitrogens is 1. The molecular weight excluding hydrogens is 244 g/mol. The molecule has 0 radical (unpaired) electrons. The first-order chi connectivity index (χ1) is 9.22. The second-order valence-electron chi connectivity index (χ2n) is 4.28. The number of rotatable bonds is 5. The van der Waals surface area contributed by atoms with Gasteiger partial charge in [0.2, 0.25) is 0 Å². The molecule has 0 aliphatic carbocycles. The third-order valence-electron chi connectivity index (χ3n) is 2.84. The van der Waals surface area contributed by atoms with Crippen molar-refractivity contribution in [1.82, 2.24) is 20.2 Å². The first-order valence-electron chi connectivity index (χ1n) is 6.41. The number of aromatic nitrogens is 2. The maximum Gasteiger partial charge on any atom is 0.326 e. The molecule has 6 nitrogen and oxygen atoms in total. The number of nitrogens with one attached hydrogen (secondary N) is 3. The average Bonchev–Trinajstić information content (AvgIpc) is 2.73. The van der Waals surface area contributed by atoms with Gasteiger partial charge in [0, 0.05) is 19.6 Å². The van der Waals surface area contributed by atoms with E-state index in [9.17, 15) is 9.59 Å². The van der Waals surface area contributed by atoms with Crippen LogP contribution in [-0.4, -0.2) is 28.7 Å². The van der Waals surface area contributed by atoms with Crippen molar-refractivity contribution in [3.05, 3.63) is 34.7 Å². The number of amides is 2. The number of fused-ring (bicyclic) bond motifs is 1. The van der Waals surface area contributed by atoms with Gasteiger partial charge < -0.3 is 15.6 Å². The number of imidazole rings is 1. The van der Waals surface area contributed by atoms with Crippen molar-refractivity contribution in [1.29, 1.82) is 0 Å². The molecule has 3 N–H and O–H groups in total. The van der Waals surface area contributed by atoms with Crippen molar-refractivity contribution in [2.24, 2.45) is 0 Å². The molecule has 0 bridgehead atoms. The minimum Gasteiger partial charge on any atom is -0.338 e. The molecule has 1 aromatic carbocycles. The Morgan fingerprint density at radius 3 is 2.79 bits per heavy atom. The van der Waals surface area contributed by atoms with Crippen LogP contribution in [0.5, 0.6) is 0 Å². The molecule has 1 heterocycles. The molecule has 1 aromatic heterocycles. The number of hydrogen-bond donors (Lipinski definition) is 3. The van der Waals surface area contributed by atoms with Crippen molar-refractivity contribution in [3.63, 3.8) is 0 Å². The lowest BCUT2D eigenvalue weighted by Gasteiger charge is -2.07. The zero-order valence-corrected chi connectivity index (χ0v) is 10.9. The number of para-hydroxylation sites is 2. The Labute approximate surface area is 110 Å². The summed E-state index contributed by atoms with van der Waals surface area (Å²) in [5.74, 6) is 0. The van der Waals surface area contributed by atoms with Gasteiger partial charge in [-0.2, -0.15) is 0 Å². The number of benzene rings is 1. The Morgan fingerprint density at radius 2 is 2.00 bits per heavy atom. The largest absolute Gasteiger partial charge is 0.338 e. The molecule has 2 amide bonds. The molecule has 6 heteroatoms.